The monoisotopic (exact) mass is 367 g/mol. The molecule has 0 spiro atoms. The highest BCUT2D eigenvalue weighted by Gasteiger charge is 2.27. The lowest BCUT2D eigenvalue weighted by atomic mass is 10.2. The zero-order chi connectivity index (χ0) is 18.6. The average molecular weight is 368 g/mol. The van der Waals surface area contributed by atoms with Gasteiger partial charge in [0.15, 0.2) is 5.69 Å². The molecule has 9 nitrogen and oxygen atoms in total. The van der Waals surface area contributed by atoms with Gasteiger partial charge < -0.3 is 19.6 Å². The van der Waals surface area contributed by atoms with E-state index in [1.165, 1.54) is 18.3 Å². The van der Waals surface area contributed by atoms with Crippen molar-refractivity contribution in [3.05, 3.63) is 44.7 Å². The van der Waals surface area contributed by atoms with E-state index in [1.54, 1.807) is 13.8 Å². The lowest BCUT2D eigenvalue weighted by Gasteiger charge is -2.05. The van der Waals surface area contributed by atoms with Crippen molar-refractivity contribution >= 4 is 41.1 Å². The van der Waals surface area contributed by atoms with Gasteiger partial charge in [-0.1, -0.05) is 11.6 Å². The number of imidazole rings is 1. The van der Waals surface area contributed by atoms with E-state index in [2.05, 4.69) is 4.98 Å². The minimum absolute atomic E-state index is 0.0262. The third-order valence-corrected chi connectivity index (χ3v) is 3.25. The van der Waals surface area contributed by atoms with Crippen LogP contribution in [0.15, 0.2) is 23.9 Å². The van der Waals surface area contributed by atoms with Gasteiger partial charge >= 0.3 is 17.8 Å². The van der Waals surface area contributed by atoms with Crippen molar-refractivity contribution < 1.29 is 24.0 Å². The van der Waals surface area contributed by atoms with Crippen molar-refractivity contribution in [2.45, 2.75) is 13.8 Å². The minimum atomic E-state index is -0.953. The number of nitro groups is 1. The van der Waals surface area contributed by atoms with Crippen LogP contribution in [0, 0.1) is 10.1 Å². The fraction of sp³-hybridized carbons (Fsp3) is 0.267. The molecule has 132 valence electrons. The van der Waals surface area contributed by atoms with Gasteiger partial charge in [-0.3, -0.25) is 0 Å². The number of pyridine rings is 1. The van der Waals surface area contributed by atoms with Gasteiger partial charge in [-0.2, -0.15) is 4.40 Å². The molecule has 0 radical (unpaired) electrons. The molecule has 25 heavy (non-hydrogen) atoms. The van der Waals surface area contributed by atoms with Crippen LogP contribution in [0.5, 0.6) is 0 Å². The van der Waals surface area contributed by atoms with Crippen molar-refractivity contribution in [3.8, 4) is 0 Å². The highest BCUT2D eigenvalue weighted by Crippen LogP contribution is 2.25. The zero-order valence-corrected chi connectivity index (χ0v) is 14.1. The number of aromatic nitrogens is 2. The molecule has 0 aliphatic rings. The third-order valence-electron chi connectivity index (χ3n) is 3.03. The molecule has 0 saturated carbocycles. The summed E-state index contributed by atoms with van der Waals surface area (Å²) >= 11 is 5.86. The maximum absolute atomic E-state index is 12.0. The van der Waals surface area contributed by atoms with Crippen LogP contribution in [0.2, 0.25) is 5.02 Å². The van der Waals surface area contributed by atoms with Crippen molar-refractivity contribution in [1.82, 2.24) is 9.38 Å². The smallest absolute Gasteiger partial charge is 0.355 e. The van der Waals surface area contributed by atoms with Crippen LogP contribution in [0.1, 0.15) is 19.5 Å². The summed E-state index contributed by atoms with van der Waals surface area (Å²) in [5.41, 5.74) is -0.445. The second-order valence-corrected chi connectivity index (χ2v) is 5.09. The van der Waals surface area contributed by atoms with Crippen LogP contribution in [-0.2, 0) is 19.1 Å². The zero-order valence-electron chi connectivity index (χ0n) is 13.4. The van der Waals surface area contributed by atoms with Crippen molar-refractivity contribution in [1.29, 1.82) is 0 Å². The van der Waals surface area contributed by atoms with Gasteiger partial charge in [-0.25, -0.2) is 14.6 Å². The molecule has 0 saturated heterocycles. The maximum atomic E-state index is 12.0. The number of rotatable bonds is 6. The van der Waals surface area contributed by atoms with E-state index in [4.69, 9.17) is 21.1 Å². The molecule has 0 aliphatic heterocycles. The van der Waals surface area contributed by atoms with Gasteiger partial charge in [-0.05, 0) is 30.9 Å². The summed E-state index contributed by atoms with van der Waals surface area (Å²) in [6.45, 7) is 3.18. The summed E-state index contributed by atoms with van der Waals surface area (Å²) in [6.07, 6.45) is 2.29. The molecule has 0 N–H and O–H groups in total. The molecule has 2 rings (SSSR count). The van der Waals surface area contributed by atoms with Crippen LogP contribution >= 0.6 is 11.6 Å². The summed E-state index contributed by atoms with van der Waals surface area (Å²) < 4.78 is 10.8. The van der Waals surface area contributed by atoms with E-state index < -0.39 is 28.3 Å². The maximum Gasteiger partial charge on any atom is 0.355 e. The largest absolute Gasteiger partial charge is 0.462 e. The van der Waals surface area contributed by atoms with Crippen LogP contribution in [0.3, 0.4) is 0 Å². The SMILES string of the molecule is CCOC(=O)C(=Cc1nc2ccc(Cl)cn2c1[N+](=O)[O-])C(=O)OCC. The summed E-state index contributed by atoms with van der Waals surface area (Å²) in [4.78, 5) is 38.8. The number of hydrogen-bond donors (Lipinski definition) is 0. The Morgan fingerprint density at radius 1 is 1.28 bits per heavy atom. The fourth-order valence-electron chi connectivity index (χ4n) is 2.06. The summed E-state index contributed by atoms with van der Waals surface area (Å²) in [6, 6.07) is 2.99. The second kappa shape index (κ2) is 7.75. The van der Waals surface area contributed by atoms with Crippen LogP contribution in [-0.4, -0.2) is 39.5 Å². The molecule has 0 atom stereocenters. The number of hydrogen-bond acceptors (Lipinski definition) is 7. The molecule has 2 aromatic heterocycles. The number of carbonyl (C=O) groups is 2. The van der Waals surface area contributed by atoms with Gasteiger partial charge in [0.25, 0.3) is 0 Å². The highest BCUT2D eigenvalue weighted by molar-refractivity contribution is 6.30. The Morgan fingerprint density at radius 2 is 1.88 bits per heavy atom. The average Bonchev–Trinajstić information content (AvgIpc) is 2.90. The Kier molecular flexibility index (Phi) is 5.71. The molecular weight excluding hydrogens is 354 g/mol. The van der Waals surface area contributed by atoms with Gasteiger partial charge in [0.2, 0.25) is 5.65 Å². The van der Waals surface area contributed by atoms with E-state index in [0.717, 1.165) is 10.5 Å². The van der Waals surface area contributed by atoms with E-state index in [1.807, 2.05) is 0 Å². The molecule has 0 aromatic carbocycles. The van der Waals surface area contributed by atoms with Crippen LogP contribution < -0.4 is 0 Å². The second-order valence-electron chi connectivity index (χ2n) is 4.65. The number of fused-ring (bicyclic) bond motifs is 1. The minimum Gasteiger partial charge on any atom is -0.462 e. The first kappa shape index (κ1) is 18.4. The first-order valence-corrected chi connectivity index (χ1v) is 7.64. The summed E-state index contributed by atoms with van der Waals surface area (Å²) in [7, 11) is 0. The van der Waals surface area contributed by atoms with Gasteiger partial charge in [-0.15, -0.1) is 0 Å². The molecule has 0 unspecified atom stereocenters. The van der Waals surface area contributed by atoms with Crippen LogP contribution in [0.25, 0.3) is 11.7 Å². The normalized spacial score (nSPS) is 10.4. The van der Waals surface area contributed by atoms with Crippen molar-refractivity contribution in [2.24, 2.45) is 0 Å². The van der Waals surface area contributed by atoms with E-state index in [-0.39, 0.29) is 29.6 Å². The topological polar surface area (TPSA) is 113 Å². The Labute approximate surface area is 147 Å². The highest BCUT2D eigenvalue weighted by atomic mass is 35.5. The van der Waals surface area contributed by atoms with Crippen LogP contribution in [0.4, 0.5) is 5.82 Å². The molecule has 0 fully saturated rings. The number of halogens is 1. The predicted octanol–water partition coefficient (Wildman–Crippen LogP) is 2.41. The lowest BCUT2D eigenvalue weighted by Crippen LogP contribution is -2.18. The molecule has 0 bridgehead atoms. The first-order chi connectivity index (χ1) is 11.9. The Bertz CT molecular complexity index is 854. The Balaban J connectivity index is 2.65. The molecule has 0 aliphatic carbocycles. The van der Waals surface area contributed by atoms with E-state index >= 15 is 0 Å². The molecule has 10 heteroatoms. The lowest BCUT2D eigenvalue weighted by molar-refractivity contribution is -0.390. The molecule has 2 heterocycles. The summed E-state index contributed by atoms with van der Waals surface area (Å²) in [5, 5.41) is 11.7. The Morgan fingerprint density at radius 3 is 2.40 bits per heavy atom. The fourth-order valence-corrected chi connectivity index (χ4v) is 2.22. The molecule has 0 amide bonds. The van der Waals surface area contributed by atoms with E-state index in [0.29, 0.717) is 0 Å². The predicted molar refractivity (Wildman–Crippen MR) is 88.1 cm³/mol. The quantitative estimate of drug-likeness (QED) is 0.192. The number of carbonyl (C=O) groups excluding carboxylic acids is 2. The number of nitrogens with zero attached hydrogens (tertiary/aromatic N) is 3. The van der Waals surface area contributed by atoms with E-state index in [9.17, 15) is 19.7 Å². The molecular formula is C15H14ClN3O6. The van der Waals surface area contributed by atoms with Crippen molar-refractivity contribution in [2.75, 3.05) is 13.2 Å². The van der Waals surface area contributed by atoms with Crippen molar-refractivity contribution in [3.63, 3.8) is 0 Å². The Hall–Kier alpha value is -2.94. The molecule has 2 aromatic rings. The summed E-state index contributed by atoms with van der Waals surface area (Å²) in [5.74, 6) is -2.35. The van der Waals surface area contributed by atoms with Gasteiger partial charge in [0, 0.05) is 6.07 Å². The van der Waals surface area contributed by atoms with Gasteiger partial charge in [0.1, 0.15) is 11.8 Å². The number of esters is 2. The standard InChI is InChI=1S/C15H14ClN3O6/c1-3-24-14(20)10(15(21)25-4-2)7-11-13(19(22)23)18-8-9(16)5-6-12(18)17-11/h5-8H,3-4H2,1-2H3. The van der Waals surface area contributed by atoms with Gasteiger partial charge in [0.05, 0.1) is 18.2 Å². The number of ether oxygens (including phenoxy) is 2. The third kappa shape index (κ3) is 3.94. The first-order valence-electron chi connectivity index (χ1n) is 7.27.